The lowest BCUT2D eigenvalue weighted by atomic mass is 10.0. The van der Waals surface area contributed by atoms with Crippen LogP contribution >= 0.6 is 0 Å². The van der Waals surface area contributed by atoms with E-state index in [2.05, 4.69) is 12.1 Å². The van der Waals surface area contributed by atoms with Crippen molar-refractivity contribution in [1.82, 2.24) is 0 Å². The lowest BCUT2D eigenvalue weighted by Crippen LogP contribution is -1.83. The third kappa shape index (κ3) is 2.29. The molecule has 0 atom stereocenters. The highest BCUT2D eigenvalue weighted by molar-refractivity contribution is 5.88. The minimum absolute atomic E-state index is 0.214. The van der Waals surface area contributed by atoms with Crippen LogP contribution in [-0.4, -0.2) is 7.11 Å². The van der Waals surface area contributed by atoms with Gasteiger partial charge in [0, 0.05) is 0 Å². The minimum Gasteiger partial charge on any atom is -0.497 e. The molecule has 0 aliphatic rings. The average molecular weight is 252 g/mol. The molecule has 0 saturated carbocycles. The van der Waals surface area contributed by atoms with Crippen LogP contribution in [0, 0.1) is 5.82 Å². The molecule has 0 unspecified atom stereocenters. The smallest absolute Gasteiger partial charge is 0.123 e. The second-order valence-corrected chi connectivity index (χ2v) is 4.43. The van der Waals surface area contributed by atoms with E-state index in [1.807, 2.05) is 24.3 Å². The summed E-state index contributed by atoms with van der Waals surface area (Å²) in [6.45, 7) is 0. The Balaban J connectivity index is 2.08. The monoisotopic (exact) mass is 252 g/mol. The molecule has 0 spiro atoms. The first-order valence-corrected chi connectivity index (χ1v) is 6.10. The van der Waals surface area contributed by atoms with Gasteiger partial charge in [0.2, 0.25) is 0 Å². The SMILES string of the molecule is COc1ccc2cc(-c3ccc(F)cc3)ccc2c1. The molecule has 0 radical (unpaired) electrons. The van der Waals surface area contributed by atoms with Crippen LogP contribution in [0.5, 0.6) is 5.75 Å². The van der Waals surface area contributed by atoms with Gasteiger partial charge >= 0.3 is 0 Å². The summed E-state index contributed by atoms with van der Waals surface area (Å²) in [6, 6.07) is 18.7. The van der Waals surface area contributed by atoms with E-state index in [4.69, 9.17) is 4.74 Å². The van der Waals surface area contributed by atoms with Crippen molar-refractivity contribution in [2.24, 2.45) is 0 Å². The molecule has 0 bridgehead atoms. The molecule has 0 aromatic heterocycles. The Labute approximate surface area is 111 Å². The van der Waals surface area contributed by atoms with Crippen LogP contribution in [0.4, 0.5) is 4.39 Å². The number of rotatable bonds is 2. The lowest BCUT2D eigenvalue weighted by molar-refractivity contribution is 0.415. The van der Waals surface area contributed by atoms with Gasteiger partial charge in [-0.2, -0.15) is 0 Å². The van der Waals surface area contributed by atoms with Crippen LogP contribution in [0.1, 0.15) is 0 Å². The summed E-state index contributed by atoms with van der Waals surface area (Å²) in [5, 5.41) is 2.27. The van der Waals surface area contributed by atoms with Crippen LogP contribution in [0.15, 0.2) is 60.7 Å². The molecule has 0 N–H and O–H groups in total. The summed E-state index contributed by atoms with van der Waals surface area (Å²) in [4.78, 5) is 0. The Hall–Kier alpha value is -2.35. The zero-order valence-electron chi connectivity index (χ0n) is 10.6. The highest BCUT2D eigenvalue weighted by Gasteiger charge is 2.01. The number of fused-ring (bicyclic) bond motifs is 1. The van der Waals surface area contributed by atoms with E-state index in [-0.39, 0.29) is 5.82 Å². The van der Waals surface area contributed by atoms with Gasteiger partial charge in [0.25, 0.3) is 0 Å². The highest BCUT2D eigenvalue weighted by atomic mass is 19.1. The van der Waals surface area contributed by atoms with E-state index in [0.29, 0.717) is 0 Å². The molecular formula is C17H13FO. The van der Waals surface area contributed by atoms with Gasteiger partial charge < -0.3 is 4.74 Å². The number of hydrogen-bond acceptors (Lipinski definition) is 1. The summed E-state index contributed by atoms with van der Waals surface area (Å²) in [5.74, 6) is 0.635. The van der Waals surface area contributed by atoms with Gasteiger partial charge in [0.05, 0.1) is 7.11 Å². The first-order chi connectivity index (χ1) is 9.26. The van der Waals surface area contributed by atoms with Crippen molar-refractivity contribution >= 4 is 10.8 Å². The average Bonchev–Trinajstić information content (AvgIpc) is 2.47. The van der Waals surface area contributed by atoms with Crippen molar-refractivity contribution in [1.29, 1.82) is 0 Å². The topological polar surface area (TPSA) is 9.23 Å². The molecule has 3 aromatic rings. The van der Waals surface area contributed by atoms with Gasteiger partial charge in [-0.3, -0.25) is 0 Å². The van der Waals surface area contributed by atoms with Gasteiger partial charge in [-0.25, -0.2) is 4.39 Å². The fraction of sp³-hybridized carbons (Fsp3) is 0.0588. The third-order valence-electron chi connectivity index (χ3n) is 3.22. The van der Waals surface area contributed by atoms with Crippen LogP contribution in [0.25, 0.3) is 21.9 Å². The summed E-state index contributed by atoms with van der Waals surface area (Å²) in [5.41, 5.74) is 2.09. The van der Waals surface area contributed by atoms with E-state index in [9.17, 15) is 4.39 Å². The second kappa shape index (κ2) is 4.73. The van der Waals surface area contributed by atoms with Crippen LogP contribution < -0.4 is 4.74 Å². The van der Waals surface area contributed by atoms with Gasteiger partial charge in [-0.05, 0) is 52.2 Å². The molecule has 0 aliphatic carbocycles. The maximum absolute atomic E-state index is 12.9. The molecule has 1 nitrogen and oxygen atoms in total. The van der Waals surface area contributed by atoms with Crippen molar-refractivity contribution in [2.75, 3.05) is 7.11 Å². The van der Waals surface area contributed by atoms with E-state index in [1.54, 1.807) is 19.2 Å². The second-order valence-electron chi connectivity index (χ2n) is 4.43. The molecule has 2 heteroatoms. The summed E-state index contributed by atoms with van der Waals surface area (Å²) < 4.78 is 18.1. The van der Waals surface area contributed by atoms with Crippen LogP contribution in [-0.2, 0) is 0 Å². The molecule has 0 fully saturated rings. The Bertz CT molecular complexity index is 717. The number of benzene rings is 3. The molecule has 19 heavy (non-hydrogen) atoms. The Morgan fingerprint density at radius 2 is 1.37 bits per heavy atom. The van der Waals surface area contributed by atoms with Gasteiger partial charge in [0.1, 0.15) is 11.6 Å². The van der Waals surface area contributed by atoms with Crippen molar-refractivity contribution in [3.63, 3.8) is 0 Å². The summed E-state index contributed by atoms with van der Waals surface area (Å²) >= 11 is 0. The van der Waals surface area contributed by atoms with Crippen molar-refractivity contribution in [3.05, 3.63) is 66.5 Å². The molecule has 3 aromatic carbocycles. The molecule has 0 amide bonds. The van der Waals surface area contributed by atoms with E-state index in [1.165, 1.54) is 12.1 Å². The standard InChI is InChI=1S/C17H13FO/c1-19-17-9-6-14-10-13(2-3-15(14)11-17)12-4-7-16(18)8-5-12/h2-11H,1H3. The molecule has 94 valence electrons. The van der Waals surface area contributed by atoms with Crippen molar-refractivity contribution < 1.29 is 9.13 Å². The third-order valence-corrected chi connectivity index (χ3v) is 3.22. The number of halogens is 1. The number of methoxy groups -OCH3 is 1. The van der Waals surface area contributed by atoms with Gasteiger partial charge in [-0.1, -0.05) is 30.3 Å². The zero-order valence-corrected chi connectivity index (χ0v) is 10.6. The fourth-order valence-corrected chi connectivity index (χ4v) is 2.17. The normalized spacial score (nSPS) is 10.6. The molecular weight excluding hydrogens is 239 g/mol. The fourth-order valence-electron chi connectivity index (χ4n) is 2.17. The van der Waals surface area contributed by atoms with Gasteiger partial charge in [0.15, 0.2) is 0 Å². The lowest BCUT2D eigenvalue weighted by Gasteiger charge is -2.06. The van der Waals surface area contributed by atoms with E-state index in [0.717, 1.165) is 27.6 Å². The van der Waals surface area contributed by atoms with Crippen molar-refractivity contribution in [2.45, 2.75) is 0 Å². The Morgan fingerprint density at radius 3 is 2.11 bits per heavy atom. The van der Waals surface area contributed by atoms with Crippen LogP contribution in [0.3, 0.4) is 0 Å². The molecule has 0 heterocycles. The number of ether oxygens (including phenoxy) is 1. The molecule has 0 saturated heterocycles. The zero-order chi connectivity index (χ0) is 13.2. The predicted molar refractivity (Wildman–Crippen MR) is 75.9 cm³/mol. The predicted octanol–water partition coefficient (Wildman–Crippen LogP) is 4.65. The summed E-state index contributed by atoms with van der Waals surface area (Å²) in [7, 11) is 1.66. The first-order valence-electron chi connectivity index (χ1n) is 6.10. The van der Waals surface area contributed by atoms with E-state index >= 15 is 0 Å². The Morgan fingerprint density at radius 1 is 0.737 bits per heavy atom. The van der Waals surface area contributed by atoms with Crippen molar-refractivity contribution in [3.8, 4) is 16.9 Å². The molecule has 0 aliphatic heterocycles. The quantitative estimate of drug-likeness (QED) is 0.644. The minimum atomic E-state index is -0.214. The van der Waals surface area contributed by atoms with Gasteiger partial charge in [-0.15, -0.1) is 0 Å². The largest absolute Gasteiger partial charge is 0.497 e. The highest BCUT2D eigenvalue weighted by Crippen LogP contribution is 2.27. The van der Waals surface area contributed by atoms with Crippen LogP contribution in [0.2, 0.25) is 0 Å². The summed E-state index contributed by atoms with van der Waals surface area (Å²) in [6.07, 6.45) is 0. The maximum atomic E-state index is 12.9. The van der Waals surface area contributed by atoms with E-state index < -0.39 is 0 Å². The molecule has 3 rings (SSSR count). The first kappa shape index (κ1) is 11.7. The Kier molecular flexibility index (Phi) is 2.92. The maximum Gasteiger partial charge on any atom is 0.123 e. The number of hydrogen-bond donors (Lipinski definition) is 0.